The van der Waals surface area contributed by atoms with Crippen LogP contribution in [0, 0.1) is 17.5 Å². The van der Waals surface area contributed by atoms with Gasteiger partial charge in [0.15, 0.2) is 17.5 Å². The standard InChI is InChI=1S/C30H30F3N3O5/c1-17-29(19-14-22(31)28(33)23(32)15-19)41-30(38)36(17)16-24-20(7-9-26(34-24)35-11-4-12-35)21-13-18(5-8-25(21)39-2)6-10-27(37)40-3/h5,7-9,13-15,17,29H,4,6,10-12,16H2,1-3H3/t17-,29-/m0/s1. The first-order chi connectivity index (χ1) is 19.7. The number of carbonyl (C=O) groups excluding carboxylic acids is 2. The molecular weight excluding hydrogens is 539 g/mol. The number of methoxy groups -OCH3 is 2. The summed E-state index contributed by atoms with van der Waals surface area (Å²) in [7, 11) is 2.90. The third-order valence-electron chi connectivity index (χ3n) is 7.59. The quantitative estimate of drug-likeness (QED) is 0.246. The Morgan fingerprint density at radius 3 is 2.41 bits per heavy atom. The molecule has 41 heavy (non-hydrogen) atoms. The van der Waals surface area contributed by atoms with Gasteiger partial charge in [0.1, 0.15) is 17.7 Å². The van der Waals surface area contributed by atoms with Crippen molar-refractivity contribution in [2.75, 3.05) is 32.2 Å². The lowest BCUT2D eigenvalue weighted by Gasteiger charge is -2.33. The molecule has 3 heterocycles. The van der Waals surface area contributed by atoms with Gasteiger partial charge < -0.3 is 19.1 Å². The lowest BCUT2D eigenvalue weighted by atomic mass is 9.97. The summed E-state index contributed by atoms with van der Waals surface area (Å²) in [4.78, 5) is 33.2. The van der Waals surface area contributed by atoms with Gasteiger partial charge in [-0.1, -0.05) is 6.07 Å². The van der Waals surface area contributed by atoms with Crippen molar-refractivity contribution in [1.82, 2.24) is 9.88 Å². The Kier molecular flexibility index (Phi) is 8.05. The lowest BCUT2D eigenvalue weighted by Crippen LogP contribution is -2.38. The highest BCUT2D eigenvalue weighted by molar-refractivity contribution is 5.76. The first kappa shape index (κ1) is 28.3. The van der Waals surface area contributed by atoms with Crippen LogP contribution in [0.3, 0.4) is 0 Å². The van der Waals surface area contributed by atoms with E-state index in [1.54, 1.807) is 14.0 Å². The molecule has 216 valence electrons. The number of benzene rings is 2. The zero-order valence-electron chi connectivity index (χ0n) is 23.0. The van der Waals surface area contributed by atoms with E-state index in [0.29, 0.717) is 23.4 Å². The first-order valence-corrected chi connectivity index (χ1v) is 13.3. The Balaban J connectivity index is 1.50. The number of pyridine rings is 1. The van der Waals surface area contributed by atoms with Crippen molar-refractivity contribution in [3.05, 3.63) is 76.7 Å². The number of amides is 1. The molecule has 2 aliphatic heterocycles. The van der Waals surface area contributed by atoms with Gasteiger partial charge in [0, 0.05) is 36.2 Å². The molecule has 1 amide bonds. The number of anilines is 1. The molecule has 2 aromatic carbocycles. The highest BCUT2D eigenvalue weighted by Crippen LogP contribution is 2.38. The van der Waals surface area contributed by atoms with Gasteiger partial charge in [0.2, 0.25) is 0 Å². The number of aryl methyl sites for hydroxylation is 1. The molecule has 2 fully saturated rings. The van der Waals surface area contributed by atoms with Gasteiger partial charge in [-0.05, 0) is 61.7 Å². The summed E-state index contributed by atoms with van der Waals surface area (Å²) in [5, 5.41) is 0. The molecule has 0 bridgehead atoms. The Morgan fingerprint density at radius 1 is 1.05 bits per heavy atom. The number of hydrogen-bond acceptors (Lipinski definition) is 7. The summed E-state index contributed by atoms with van der Waals surface area (Å²) in [6.45, 7) is 3.46. The molecule has 8 nitrogen and oxygen atoms in total. The number of ether oxygens (including phenoxy) is 3. The Labute approximate surface area is 235 Å². The highest BCUT2D eigenvalue weighted by atomic mass is 19.2. The molecule has 1 aromatic heterocycles. The third-order valence-corrected chi connectivity index (χ3v) is 7.59. The molecule has 3 aromatic rings. The second-order valence-electron chi connectivity index (χ2n) is 10.1. The second kappa shape index (κ2) is 11.7. The van der Waals surface area contributed by atoms with Gasteiger partial charge in [-0.15, -0.1) is 0 Å². The summed E-state index contributed by atoms with van der Waals surface area (Å²) in [5.74, 6) is -3.27. The summed E-state index contributed by atoms with van der Waals surface area (Å²) < 4.78 is 57.4. The number of aromatic nitrogens is 1. The van der Waals surface area contributed by atoms with Gasteiger partial charge in [0.05, 0.1) is 32.5 Å². The SMILES string of the molecule is COC(=O)CCc1ccc(OC)c(-c2ccc(N3CCC3)nc2CN2C(=O)O[C@H](c3cc(F)c(F)c(F)c3)[C@@H]2C)c1. The van der Waals surface area contributed by atoms with Gasteiger partial charge >= 0.3 is 12.1 Å². The van der Waals surface area contributed by atoms with Gasteiger partial charge in [-0.25, -0.2) is 22.9 Å². The molecule has 2 atom stereocenters. The topological polar surface area (TPSA) is 81.2 Å². The molecule has 0 radical (unpaired) electrons. The van der Waals surface area contributed by atoms with Crippen LogP contribution in [-0.2, 0) is 27.2 Å². The average Bonchev–Trinajstić information content (AvgIpc) is 3.22. The van der Waals surface area contributed by atoms with Crippen LogP contribution in [0.2, 0.25) is 0 Å². The molecule has 11 heteroatoms. The molecule has 0 unspecified atom stereocenters. The largest absolute Gasteiger partial charge is 0.496 e. The Bertz CT molecular complexity index is 1460. The summed E-state index contributed by atoms with van der Waals surface area (Å²) >= 11 is 0. The molecule has 0 saturated carbocycles. The third kappa shape index (κ3) is 5.66. The van der Waals surface area contributed by atoms with Crippen LogP contribution in [0.15, 0.2) is 42.5 Å². The molecule has 0 spiro atoms. The highest BCUT2D eigenvalue weighted by Gasteiger charge is 2.41. The summed E-state index contributed by atoms with van der Waals surface area (Å²) in [6, 6.07) is 10.5. The van der Waals surface area contributed by atoms with Crippen LogP contribution >= 0.6 is 0 Å². The lowest BCUT2D eigenvalue weighted by molar-refractivity contribution is -0.140. The minimum atomic E-state index is -1.58. The first-order valence-electron chi connectivity index (χ1n) is 13.3. The fourth-order valence-corrected chi connectivity index (χ4v) is 5.11. The van der Waals surface area contributed by atoms with E-state index in [4.69, 9.17) is 19.2 Å². The zero-order chi connectivity index (χ0) is 29.3. The van der Waals surface area contributed by atoms with Crippen LogP contribution in [-0.4, -0.2) is 55.3 Å². The normalized spacial score (nSPS) is 18.2. The van der Waals surface area contributed by atoms with Gasteiger partial charge in [-0.2, -0.15) is 0 Å². The summed E-state index contributed by atoms with van der Waals surface area (Å²) in [5.41, 5.74) is 2.92. The van der Waals surface area contributed by atoms with E-state index in [-0.39, 0.29) is 24.5 Å². The molecular formula is C30H30F3N3O5. The smallest absolute Gasteiger partial charge is 0.411 e. The van der Waals surface area contributed by atoms with E-state index >= 15 is 0 Å². The Morgan fingerprint density at radius 2 is 1.78 bits per heavy atom. The van der Waals surface area contributed by atoms with Crippen LogP contribution < -0.4 is 9.64 Å². The molecule has 0 N–H and O–H groups in total. The Hall–Kier alpha value is -4.28. The number of carbonyl (C=O) groups is 2. The maximum atomic E-state index is 14.0. The number of rotatable bonds is 9. The van der Waals surface area contributed by atoms with Gasteiger partial charge in [-0.3, -0.25) is 9.69 Å². The monoisotopic (exact) mass is 569 g/mol. The predicted molar refractivity (Wildman–Crippen MR) is 144 cm³/mol. The van der Waals surface area contributed by atoms with E-state index in [0.717, 1.165) is 48.6 Å². The van der Waals surface area contributed by atoms with Crippen molar-refractivity contribution in [3.8, 4) is 16.9 Å². The van der Waals surface area contributed by atoms with Crippen molar-refractivity contribution in [1.29, 1.82) is 0 Å². The fourth-order valence-electron chi connectivity index (χ4n) is 5.11. The summed E-state index contributed by atoms with van der Waals surface area (Å²) in [6.07, 6.45) is 0.0281. The minimum absolute atomic E-state index is 0.0206. The average molecular weight is 570 g/mol. The number of esters is 1. The molecule has 0 aliphatic carbocycles. The van der Waals surface area contributed by atoms with E-state index in [9.17, 15) is 22.8 Å². The zero-order valence-corrected chi connectivity index (χ0v) is 23.0. The van der Waals surface area contributed by atoms with Crippen LogP contribution in [0.4, 0.5) is 23.8 Å². The van der Waals surface area contributed by atoms with Crippen molar-refractivity contribution in [2.24, 2.45) is 0 Å². The maximum absolute atomic E-state index is 14.0. The van der Waals surface area contributed by atoms with E-state index in [1.165, 1.54) is 12.0 Å². The van der Waals surface area contributed by atoms with Crippen molar-refractivity contribution in [2.45, 2.75) is 44.9 Å². The molecule has 2 aliphatic rings. The fraction of sp³-hybridized carbons (Fsp3) is 0.367. The van der Waals surface area contributed by atoms with Gasteiger partial charge in [0.25, 0.3) is 0 Å². The number of nitrogens with zero attached hydrogens (tertiary/aromatic N) is 3. The van der Waals surface area contributed by atoms with E-state index in [2.05, 4.69) is 4.90 Å². The number of halogens is 3. The van der Waals surface area contributed by atoms with E-state index < -0.39 is 35.7 Å². The van der Waals surface area contributed by atoms with Crippen molar-refractivity contribution in [3.63, 3.8) is 0 Å². The second-order valence-corrected chi connectivity index (χ2v) is 10.1. The minimum Gasteiger partial charge on any atom is -0.496 e. The molecule has 2 saturated heterocycles. The maximum Gasteiger partial charge on any atom is 0.411 e. The molecule has 5 rings (SSSR count). The van der Waals surface area contributed by atoms with E-state index in [1.807, 2.05) is 30.3 Å². The van der Waals surface area contributed by atoms with Crippen LogP contribution in [0.5, 0.6) is 5.75 Å². The van der Waals surface area contributed by atoms with Crippen molar-refractivity contribution < 1.29 is 37.0 Å². The van der Waals surface area contributed by atoms with Crippen LogP contribution in [0.1, 0.15) is 42.7 Å². The van der Waals surface area contributed by atoms with Crippen LogP contribution in [0.25, 0.3) is 11.1 Å². The number of hydrogen-bond donors (Lipinski definition) is 0. The predicted octanol–water partition coefficient (Wildman–Crippen LogP) is 5.57. The number of cyclic esters (lactones) is 1. The van der Waals surface area contributed by atoms with Crippen molar-refractivity contribution >= 4 is 17.9 Å².